The summed E-state index contributed by atoms with van der Waals surface area (Å²) in [5, 5.41) is 0.568. The van der Waals surface area contributed by atoms with Crippen LogP contribution in [-0.2, 0) is 9.53 Å². The predicted octanol–water partition coefficient (Wildman–Crippen LogP) is 4.89. The van der Waals surface area contributed by atoms with Crippen molar-refractivity contribution in [2.75, 3.05) is 13.7 Å². The van der Waals surface area contributed by atoms with E-state index in [1.54, 1.807) is 44.4 Å². The third kappa shape index (κ3) is 4.76. The molecule has 7 nitrogen and oxygen atoms in total. The van der Waals surface area contributed by atoms with Gasteiger partial charge in [0.05, 0.1) is 34.0 Å². The molecule has 0 amide bonds. The van der Waals surface area contributed by atoms with Gasteiger partial charge in [0, 0.05) is 11.6 Å². The quantitative estimate of drug-likeness (QED) is 0.243. The van der Waals surface area contributed by atoms with Crippen LogP contribution >= 0.6 is 22.9 Å². The van der Waals surface area contributed by atoms with Gasteiger partial charge in [-0.05, 0) is 48.9 Å². The van der Waals surface area contributed by atoms with Gasteiger partial charge in [0.25, 0.3) is 5.56 Å². The summed E-state index contributed by atoms with van der Waals surface area (Å²) in [5.41, 5.74) is 1.94. The van der Waals surface area contributed by atoms with Gasteiger partial charge >= 0.3 is 5.97 Å². The Bertz CT molecular complexity index is 1740. The number of nitrogens with zero attached hydrogens (tertiary/aromatic N) is 2. The molecule has 5 rings (SSSR count). The largest absolute Gasteiger partial charge is 0.497 e. The lowest BCUT2D eigenvalue weighted by molar-refractivity contribution is -0.138. The first-order chi connectivity index (χ1) is 18.4. The van der Waals surface area contributed by atoms with Crippen molar-refractivity contribution in [3.05, 3.63) is 121 Å². The van der Waals surface area contributed by atoms with Gasteiger partial charge in [-0.15, -0.1) is 0 Å². The van der Waals surface area contributed by atoms with E-state index in [-0.39, 0.29) is 17.7 Å². The lowest BCUT2D eigenvalue weighted by atomic mass is 9.96. The summed E-state index contributed by atoms with van der Waals surface area (Å²) in [6, 6.07) is 17.4. The maximum atomic E-state index is 13.7. The highest BCUT2D eigenvalue weighted by Crippen LogP contribution is 2.32. The van der Waals surface area contributed by atoms with Gasteiger partial charge < -0.3 is 13.9 Å². The van der Waals surface area contributed by atoms with Crippen molar-refractivity contribution in [1.82, 2.24) is 4.57 Å². The molecule has 0 N–H and O–H groups in total. The number of carbonyl (C=O) groups is 1. The van der Waals surface area contributed by atoms with Gasteiger partial charge in [0.15, 0.2) is 4.80 Å². The standard InChI is InChI=1S/C29H23ClN2O5S/c1-4-15-36-28(34)25-17(2)31-29-32(26(25)18-9-11-19(35-3)12-10-18)27(33)24(38-29)16-20-13-14-23(37-20)21-7-5-6-8-22(21)30/h4-14,16,26H,1,15H2,2-3H3/b24-16+. The number of halogens is 1. The molecule has 1 aliphatic rings. The number of thiazole rings is 1. The molecule has 1 unspecified atom stereocenters. The van der Waals surface area contributed by atoms with E-state index in [9.17, 15) is 9.59 Å². The molecule has 3 heterocycles. The maximum Gasteiger partial charge on any atom is 0.338 e. The van der Waals surface area contributed by atoms with Crippen LogP contribution in [0.2, 0.25) is 5.02 Å². The second kappa shape index (κ2) is 10.7. The van der Waals surface area contributed by atoms with Crippen molar-refractivity contribution < 1.29 is 18.7 Å². The first-order valence-electron chi connectivity index (χ1n) is 11.7. The topological polar surface area (TPSA) is 83.0 Å². The zero-order chi connectivity index (χ0) is 26.8. The molecule has 0 fully saturated rings. The molecule has 0 spiro atoms. The molecular weight excluding hydrogens is 524 g/mol. The van der Waals surface area contributed by atoms with Crippen LogP contribution in [0.5, 0.6) is 5.75 Å². The number of methoxy groups -OCH3 is 1. The lowest BCUT2D eigenvalue weighted by Gasteiger charge is -2.24. The fourth-order valence-corrected chi connectivity index (χ4v) is 5.52. The maximum absolute atomic E-state index is 13.7. The first-order valence-corrected chi connectivity index (χ1v) is 12.9. The second-order valence-corrected chi connectivity index (χ2v) is 9.84. The number of fused-ring (bicyclic) bond motifs is 1. The first kappa shape index (κ1) is 25.5. The highest BCUT2D eigenvalue weighted by Gasteiger charge is 2.33. The minimum Gasteiger partial charge on any atom is -0.497 e. The van der Waals surface area contributed by atoms with Gasteiger partial charge in [0.1, 0.15) is 23.9 Å². The lowest BCUT2D eigenvalue weighted by Crippen LogP contribution is -2.39. The fourth-order valence-electron chi connectivity index (χ4n) is 4.26. The highest BCUT2D eigenvalue weighted by molar-refractivity contribution is 7.07. The van der Waals surface area contributed by atoms with Crippen molar-refractivity contribution in [2.24, 2.45) is 4.99 Å². The van der Waals surface area contributed by atoms with Crippen LogP contribution in [0.25, 0.3) is 17.4 Å². The van der Waals surface area contributed by atoms with Crippen LogP contribution < -0.4 is 19.6 Å². The Morgan fingerprint density at radius 1 is 1.18 bits per heavy atom. The molecule has 1 atom stereocenters. The number of aromatic nitrogens is 1. The number of benzene rings is 2. The Kier molecular flexibility index (Phi) is 7.18. The van der Waals surface area contributed by atoms with Crippen LogP contribution in [0.3, 0.4) is 0 Å². The molecule has 0 aliphatic carbocycles. The van der Waals surface area contributed by atoms with E-state index in [0.717, 1.165) is 11.1 Å². The van der Waals surface area contributed by atoms with Gasteiger partial charge in [-0.1, -0.05) is 59.9 Å². The van der Waals surface area contributed by atoms with Gasteiger partial charge in [-0.25, -0.2) is 9.79 Å². The second-order valence-electron chi connectivity index (χ2n) is 8.42. The van der Waals surface area contributed by atoms with Gasteiger partial charge in [-0.2, -0.15) is 0 Å². The van der Waals surface area contributed by atoms with Crippen molar-refractivity contribution in [3.8, 4) is 17.1 Å². The zero-order valence-electron chi connectivity index (χ0n) is 20.6. The van der Waals surface area contributed by atoms with Crippen molar-refractivity contribution in [3.63, 3.8) is 0 Å². The molecule has 192 valence electrons. The third-order valence-corrected chi connectivity index (χ3v) is 7.36. The number of ether oxygens (including phenoxy) is 2. The molecule has 4 aromatic rings. The summed E-state index contributed by atoms with van der Waals surface area (Å²) in [7, 11) is 1.58. The molecular formula is C29H23ClN2O5S. The Morgan fingerprint density at radius 2 is 1.95 bits per heavy atom. The van der Waals surface area contributed by atoms with E-state index < -0.39 is 12.0 Å². The van der Waals surface area contributed by atoms with E-state index >= 15 is 0 Å². The third-order valence-electron chi connectivity index (χ3n) is 6.04. The van der Waals surface area contributed by atoms with E-state index in [1.807, 2.05) is 36.4 Å². The van der Waals surface area contributed by atoms with Gasteiger partial charge in [-0.3, -0.25) is 9.36 Å². The number of esters is 1. The van der Waals surface area contributed by atoms with E-state index in [1.165, 1.54) is 22.0 Å². The number of rotatable bonds is 7. The average Bonchev–Trinajstić information content (AvgIpc) is 3.51. The molecule has 9 heteroatoms. The Balaban J connectivity index is 1.63. The normalized spacial score (nSPS) is 15.1. The molecule has 0 saturated heterocycles. The Hall–Kier alpha value is -4.14. The van der Waals surface area contributed by atoms with Crippen LogP contribution in [0.4, 0.5) is 0 Å². The van der Waals surface area contributed by atoms with E-state index in [4.69, 9.17) is 25.5 Å². The minimum atomic E-state index is -0.730. The zero-order valence-corrected chi connectivity index (χ0v) is 22.2. The summed E-state index contributed by atoms with van der Waals surface area (Å²) in [4.78, 5) is 31.9. The highest BCUT2D eigenvalue weighted by atomic mass is 35.5. The van der Waals surface area contributed by atoms with E-state index in [0.29, 0.717) is 37.3 Å². The summed E-state index contributed by atoms with van der Waals surface area (Å²) in [5.74, 6) is 1.18. The Morgan fingerprint density at radius 3 is 2.66 bits per heavy atom. The number of hydrogen-bond donors (Lipinski definition) is 0. The number of furan rings is 1. The molecule has 1 aliphatic heterocycles. The molecule has 2 aromatic carbocycles. The Labute approximate surface area is 227 Å². The molecule has 0 saturated carbocycles. The monoisotopic (exact) mass is 546 g/mol. The summed E-state index contributed by atoms with van der Waals surface area (Å²) < 4.78 is 18.6. The van der Waals surface area contributed by atoms with Gasteiger partial charge in [0.2, 0.25) is 0 Å². The molecule has 0 radical (unpaired) electrons. The number of allylic oxidation sites excluding steroid dienone is 1. The number of hydrogen-bond acceptors (Lipinski definition) is 7. The van der Waals surface area contributed by atoms with Crippen molar-refractivity contribution in [2.45, 2.75) is 13.0 Å². The van der Waals surface area contributed by atoms with Crippen LogP contribution in [0.1, 0.15) is 24.3 Å². The summed E-state index contributed by atoms with van der Waals surface area (Å²) in [6.07, 6.45) is 3.16. The van der Waals surface area contributed by atoms with Crippen LogP contribution in [0.15, 0.2) is 98.8 Å². The van der Waals surface area contributed by atoms with Crippen LogP contribution in [-0.4, -0.2) is 24.3 Å². The predicted molar refractivity (Wildman–Crippen MR) is 147 cm³/mol. The van der Waals surface area contributed by atoms with E-state index in [2.05, 4.69) is 11.6 Å². The molecule has 38 heavy (non-hydrogen) atoms. The SMILES string of the molecule is C=CCOC(=O)C1=C(C)N=c2s/c(=C/c3ccc(-c4ccccc4Cl)o3)c(=O)n2C1c1ccc(OC)cc1. The number of carbonyl (C=O) groups excluding carboxylic acids is 1. The van der Waals surface area contributed by atoms with Crippen molar-refractivity contribution >= 4 is 35.0 Å². The fraction of sp³-hybridized carbons (Fsp3) is 0.138. The van der Waals surface area contributed by atoms with Crippen LogP contribution in [0, 0.1) is 0 Å². The minimum absolute atomic E-state index is 0.0433. The van der Waals surface area contributed by atoms with Crippen molar-refractivity contribution in [1.29, 1.82) is 0 Å². The molecule has 0 bridgehead atoms. The summed E-state index contributed by atoms with van der Waals surface area (Å²) >= 11 is 7.53. The smallest absolute Gasteiger partial charge is 0.338 e. The summed E-state index contributed by atoms with van der Waals surface area (Å²) in [6.45, 7) is 5.39. The molecule has 2 aromatic heterocycles. The average molecular weight is 547 g/mol.